The van der Waals surface area contributed by atoms with Crippen molar-refractivity contribution in [2.45, 2.75) is 41.2 Å². The molecule has 3 rings (SSSR count). The van der Waals surface area contributed by atoms with Gasteiger partial charge in [0.1, 0.15) is 17.3 Å². The van der Waals surface area contributed by atoms with Crippen molar-refractivity contribution in [1.82, 2.24) is 14.5 Å². The maximum Gasteiger partial charge on any atom is 0.146 e. The van der Waals surface area contributed by atoms with Gasteiger partial charge in [-0.25, -0.2) is 9.97 Å². The van der Waals surface area contributed by atoms with Crippen molar-refractivity contribution in [3.8, 4) is 0 Å². The van der Waals surface area contributed by atoms with Gasteiger partial charge in [0.05, 0.1) is 11.9 Å². The first-order chi connectivity index (χ1) is 9.88. The average Bonchev–Trinajstić information content (AvgIpc) is 2.83. The van der Waals surface area contributed by atoms with Gasteiger partial charge in [0.2, 0.25) is 0 Å². The zero-order chi connectivity index (χ0) is 15.3. The Kier molecular flexibility index (Phi) is 3.24. The molecule has 0 unspecified atom stereocenters. The second-order valence-electron chi connectivity index (χ2n) is 5.60. The predicted molar refractivity (Wildman–Crippen MR) is 89.0 cm³/mol. The molecule has 0 atom stereocenters. The number of fused-ring (bicyclic) bond motifs is 1. The van der Waals surface area contributed by atoms with Crippen LogP contribution in [0, 0.1) is 34.6 Å². The van der Waals surface area contributed by atoms with Gasteiger partial charge in [-0.05, 0) is 51.8 Å². The minimum absolute atomic E-state index is 0.579. The number of nitrogens with zero attached hydrogens (tertiary/aromatic N) is 3. The van der Waals surface area contributed by atoms with Gasteiger partial charge < -0.3 is 10.3 Å². The number of aromatic nitrogens is 3. The summed E-state index contributed by atoms with van der Waals surface area (Å²) in [4.78, 5) is 11.6. The van der Waals surface area contributed by atoms with E-state index in [0.717, 1.165) is 23.4 Å². The second-order valence-corrected chi connectivity index (χ2v) is 6.94. The van der Waals surface area contributed by atoms with Gasteiger partial charge in [-0.1, -0.05) is 0 Å². The van der Waals surface area contributed by atoms with Crippen LogP contribution in [0.15, 0.2) is 6.07 Å². The van der Waals surface area contributed by atoms with Crippen LogP contribution in [0.5, 0.6) is 0 Å². The molecular formula is C16H20N4S. The zero-order valence-electron chi connectivity index (χ0n) is 13.1. The van der Waals surface area contributed by atoms with Crippen molar-refractivity contribution in [2.24, 2.45) is 0 Å². The number of thiophene rings is 1. The van der Waals surface area contributed by atoms with E-state index in [1.807, 2.05) is 18.3 Å². The van der Waals surface area contributed by atoms with Gasteiger partial charge in [-0.2, -0.15) is 0 Å². The van der Waals surface area contributed by atoms with E-state index in [-0.39, 0.29) is 0 Å². The number of anilines is 1. The number of hydrogen-bond donors (Lipinski definition) is 1. The topological polar surface area (TPSA) is 56.7 Å². The first-order valence-electron chi connectivity index (χ1n) is 7.04. The van der Waals surface area contributed by atoms with E-state index in [0.29, 0.717) is 5.82 Å². The van der Waals surface area contributed by atoms with E-state index >= 15 is 0 Å². The molecule has 4 nitrogen and oxygen atoms in total. The van der Waals surface area contributed by atoms with Crippen LogP contribution in [0.25, 0.3) is 11.0 Å². The molecule has 0 amide bonds. The molecule has 110 valence electrons. The Hall–Kier alpha value is -1.88. The van der Waals surface area contributed by atoms with Crippen molar-refractivity contribution in [3.05, 3.63) is 38.5 Å². The van der Waals surface area contributed by atoms with Gasteiger partial charge in [-0.3, -0.25) is 0 Å². The molecule has 0 aliphatic rings. The molecule has 3 heterocycles. The number of aryl methyl sites for hydroxylation is 4. The fourth-order valence-electron chi connectivity index (χ4n) is 2.75. The van der Waals surface area contributed by atoms with E-state index in [9.17, 15) is 0 Å². The SMILES string of the molecule is Cc1nc(N)c2c(C)c(C)n(Cc3cc(C)c(C)s3)c2n1. The van der Waals surface area contributed by atoms with E-state index in [4.69, 9.17) is 5.73 Å². The Morgan fingerprint density at radius 3 is 2.48 bits per heavy atom. The molecular weight excluding hydrogens is 280 g/mol. The summed E-state index contributed by atoms with van der Waals surface area (Å²) >= 11 is 1.85. The summed E-state index contributed by atoms with van der Waals surface area (Å²) in [6, 6.07) is 2.26. The van der Waals surface area contributed by atoms with Gasteiger partial charge >= 0.3 is 0 Å². The Labute approximate surface area is 128 Å². The first-order valence-corrected chi connectivity index (χ1v) is 7.85. The van der Waals surface area contributed by atoms with Crippen LogP contribution in [0.2, 0.25) is 0 Å². The lowest BCUT2D eigenvalue weighted by Gasteiger charge is -2.06. The first kappa shape index (κ1) is 14.1. The second kappa shape index (κ2) is 4.84. The minimum atomic E-state index is 0.579. The molecule has 0 spiro atoms. The standard InChI is InChI=1S/C16H20N4S/c1-8-6-13(21-11(8)4)7-20-10(3)9(2)14-15(17)18-12(5)19-16(14)20/h6H,7H2,1-5H3,(H2,17,18,19). The highest BCUT2D eigenvalue weighted by Crippen LogP contribution is 2.30. The maximum absolute atomic E-state index is 6.10. The summed E-state index contributed by atoms with van der Waals surface area (Å²) in [5.74, 6) is 1.30. The monoisotopic (exact) mass is 300 g/mol. The third-order valence-electron chi connectivity index (χ3n) is 4.14. The molecule has 3 aromatic rings. The summed E-state index contributed by atoms with van der Waals surface area (Å²) in [6.07, 6.45) is 0. The quantitative estimate of drug-likeness (QED) is 0.785. The summed E-state index contributed by atoms with van der Waals surface area (Å²) in [7, 11) is 0. The molecule has 21 heavy (non-hydrogen) atoms. The van der Waals surface area contributed by atoms with Crippen LogP contribution < -0.4 is 5.73 Å². The van der Waals surface area contributed by atoms with Crippen LogP contribution >= 0.6 is 11.3 Å². The molecule has 0 aliphatic carbocycles. The lowest BCUT2D eigenvalue weighted by Crippen LogP contribution is -2.03. The highest BCUT2D eigenvalue weighted by atomic mass is 32.1. The highest BCUT2D eigenvalue weighted by Gasteiger charge is 2.17. The molecule has 5 heteroatoms. The molecule has 3 aromatic heterocycles. The number of nitrogens with two attached hydrogens (primary N) is 1. The number of rotatable bonds is 2. The zero-order valence-corrected chi connectivity index (χ0v) is 13.9. The van der Waals surface area contributed by atoms with Gasteiger partial charge in [-0.15, -0.1) is 11.3 Å². The van der Waals surface area contributed by atoms with Gasteiger partial charge in [0, 0.05) is 15.4 Å². The summed E-state index contributed by atoms with van der Waals surface area (Å²) < 4.78 is 2.25. The van der Waals surface area contributed by atoms with Crippen molar-refractivity contribution < 1.29 is 0 Å². The van der Waals surface area contributed by atoms with Crippen LogP contribution in [-0.2, 0) is 6.54 Å². The van der Waals surface area contributed by atoms with Crippen LogP contribution in [0.3, 0.4) is 0 Å². The third kappa shape index (κ3) is 2.21. The minimum Gasteiger partial charge on any atom is -0.383 e. The van der Waals surface area contributed by atoms with Crippen molar-refractivity contribution in [2.75, 3.05) is 5.73 Å². The van der Waals surface area contributed by atoms with E-state index < -0.39 is 0 Å². The largest absolute Gasteiger partial charge is 0.383 e. The van der Waals surface area contributed by atoms with Crippen LogP contribution in [0.1, 0.15) is 32.4 Å². The molecule has 0 bridgehead atoms. The van der Waals surface area contributed by atoms with E-state index in [1.54, 1.807) is 0 Å². The molecule has 0 saturated carbocycles. The lowest BCUT2D eigenvalue weighted by molar-refractivity contribution is 0.798. The molecule has 0 radical (unpaired) electrons. The average molecular weight is 300 g/mol. The Morgan fingerprint density at radius 2 is 1.86 bits per heavy atom. The normalized spacial score (nSPS) is 11.5. The fraction of sp³-hybridized carbons (Fsp3) is 0.375. The molecule has 0 aromatic carbocycles. The number of hydrogen-bond acceptors (Lipinski definition) is 4. The summed E-state index contributed by atoms with van der Waals surface area (Å²) in [6.45, 7) is 11.3. The van der Waals surface area contributed by atoms with Crippen molar-refractivity contribution in [1.29, 1.82) is 0 Å². The fourth-order valence-corrected chi connectivity index (χ4v) is 3.80. The molecule has 2 N–H and O–H groups in total. The van der Waals surface area contributed by atoms with Gasteiger partial charge in [0.25, 0.3) is 0 Å². The van der Waals surface area contributed by atoms with Crippen molar-refractivity contribution >= 4 is 28.2 Å². The third-order valence-corrected chi connectivity index (χ3v) is 5.28. The van der Waals surface area contributed by atoms with E-state index in [2.05, 4.69) is 48.3 Å². The summed E-state index contributed by atoms with van der Waals surface area (Å²) in [5.41, 5.74) is 10.8. The van der Waals surface area contributed by atoms with Crippen molar-refractivity contribution in [3.63, 3.8) is 0 Å². The van der Waals surface area contributed by atoms with Gasteiger partial charge in [0.15, 0.2) is 0 Å². The molecule has 0 saturated heterocycles. The molecule has 0 aliphatic heterocycles. The molecule has 0 fully saturated rings. The smallest absolute Gasteiger partial charge is 0.146 e. The summed E-state index contributed by atoms with van der Waals surface area (Å²) in [5, 5.41) is 0.989. The Morgan fingerprint density at radius 1 is 1.14 bits per heavy atom. The van der Waals surface area contributed by atoms with Crippen LogP contribution in [0.4, 0.5) is 5.82 Å². The van der Waals surface area contributed by atoms with E-state index in [1.165, 1.54) is 26.6 Å². The van der Waals surface area contributed by atoms with Crippen LogP contribution in [-0.4, -0.2) is 14.5 Å². The Balaban J connectivity index is 2.20. The Bertz CT molecular complexity index is 822. The maximum atomic E-state index is 6.10. The lowest BCUT2D eigenvalue weighted by atomic mass is 10.2. The number of nitrogen functional groups attached to an aromatic ring is 1. The highest BCUT2D eigenvalue weighted by molar-refractivity contribution is 7.12. The predicted octanol–water partition coefficient (Wildman–Crippen LogP) is 3.67.